The van der Waals surface area contributed by atoms with Crippen molar-refractivity contribution in [1.82, 2.24) is 15.0 Å². The standard InChI is InChI=1S/C21H22ClN3O4S/c22-15-5-6-18-14(9-15)11-20(24-18)21(27)25-19-10-13-3-1-2-4-16(13)17(19)12-30(28,29)23-7-8-26/h1-6,9,11,17,19,23-24,26H,7-8,10,12H2,(H,25,27)/t17-,19+/m0/s1. The van der Waals surface area contributed by atoms with Gasteiger partial charge in [0.2, 0.25) is 10.0 Å². The number of aromatic amines is 1. The van der Waals surface area contributed by atoms with Crippen molar-refractivity contribution in [3.63, 3.8) is 0 Å². The fourth-order valence-corrected chi connectivity index (χ4v) is 5.59. The van der Waals surface area contributed by atoms with E-state index in [2.05, 4.69) is 15.0 Å². The highest BCUT2D eigenvalue weighted by molar-refractivity contribution is 7.89. The number of aliphatic hydroxyl groups is 1. The maximum Gasteiger partial charge on any atom is 0.267 e. The highest BCUT2D eigenvalue weighted by Crippen LogP contribution is 2.34. The zero-order chi connectivity index (χ0) is 21.3. The zero-order valence-corrected chi connectivity index (χ0v) is 17.6. The maximum absolute atomic E-state index is 12.9. The molecule has 30 heavy (non-hydrogen) atoms. The molecule has 0 bridgehead atoms. The van der Waals surface area contributed by atoms with Gasteiger partial charge in [-0.3, -0.25) is 4.79 Å². The second-order valence-corrected chi connectivity index (χ2v) is 9.69. The minimum atomic E-state index is -3.61. The Kier molecular flexibility index (Phi) is 5.84. The van der Waals surface area contributed by atoms with Crippen molar-refractivity contribution in [3.8, 4) is 0 Å². The van der Waals surface area contributed by atoms with Crippen LogP contribution in [-0.2, 0) is 16.4 Å². The number of fused-ring (bicyclic) bond motifs is 2. The van der Waals surface area contributed by atoms with Crippen molar-refractivity contribution in [1.29, 1.82) is 0 Å². The summed E-state index contributed by atoms with van der Waals surface area (Å²) in [6.45, 7) is -0.309. The van der Waals surface area contributed by atoms with E-state index in [-0.39, 0.29) is 36.8 Å². The fraction of sp³-hybridized carbons (Fsp3) is 0.286. The van der Waals surface area contributed by atoms with E-state index in [1.165, 1.54) is 0 Å². The molecule has 0 aliphatic heterocycles. The van der Waals surface area contributed by atoms with Crippen LogP contribution in [0.25, 0.3) is 10.9 Å². The first-order valence-corrected chi connectivity index (χ1v) is 11.6. The lowest BCUT2D eigenvalue weighted by Crippen LogP contribution is -2.42. The van der Waals surface area contributed by atoms with Gasteiger partial charge in [-0.2, -0.15) is 0 Å². The van der Waals surface area contributed by atoms with Gasteiger partial charge in [0, 0.05) is 34.4 Å². The highest BCUT2D eigenvalue weighted by Gasteiger charge is 2.36. The number of hydrogen-bond acceptors (Lipinski definition) is 4. The first-order chi connectivity index (χ1) is 14.4. The summed E-state index contributed by atoms with van der Waals surface area (Å²) in [5.74, 6) is -0.858. The van der Waals surface area contributed by atoms with E-state index >= 15 is 0 Å². The first kappa shape index (κ1) is 20.9. The zero-order valence-electron chi connectivity index (χ0n) is 16.1. The third kappa shape index (κ3) is 4.37. The molecule has 1 aliphatic rings. The number of carbonyl (C=O) groups excluding carboxylic acids is 1. The highest BCUT2D eigenvalue weighted by atomic mass is 35.5. The molecular weight excluding hydrogens is 426 g/mol. The van der Waals surface area contributed by atoms with E-state index in [0.29, 0.717) is 17.1 Å². The summed E-state index contributed by atoms with van der Waals surface area (Å²) < 4.78 is 27.3. The third-order valence-electron chi connectivity index (χ3n) is 5.36. The number of H-pyrrole nitrogens is 1. The predicted octanol–water partition coefficient (Wildman–Crippen LogP) is 2.17. The topological polar surface area (TPSA) is 111 Å². The van der Waals surface area contributed by atoms with Crippen LogP contribution >= 0.6 is 11.6 Å². The molecule has 9 heteroatoms. The van der Waals surface area contributed by atoms with Crippen molar-refractivity contribution < 1.29 is 18.3 Å². The van der Waals surface area contributed by atoms with Gasteiger partial charge >= 0.3 is 0 Å². The second-order valence-electron chi connectivity index (χ2n) is 7.40. The molecular formula is C21H22ClN3O4S. The monoisotopic (exact) mass is 447 g/mol. The van der Waals surface area contributed by atoms with Crippen LogP contribution in [-0.4, -0.2) is 49.4 Å². The average molecular weight is 448 g/mol. The number of sulfonamides is 1. The van der Waals surface area contributed by atoms with Crippen LogP contribution < -0.4 is 10.0 Å². The van der Waals surface area contributed by atoms with Crippen LogP contribution in [0.5, 0.6) is 0 Å². The van der Waals surface area contributed by atoms with Gasteiger partial charge in [-0.25, -0.2) is 13.1 Å². The number of aliphatic hydroxyl groups excluding tert-OH is 1. The summed E-state index contributed by atoms with van der Waals surface area (Å²) in [7, 11) is -3.61. The minimum absolute atomic E-state index is 0.0364. The maximum atomic E-state index is 12.9. The molecule has 0 radical (unpaired) electrons. The van der Waals surface area contributed by atoms with Crippen LogP contribution in [0.1, 0.15) is 27.5 Å². The SMILES string of the molecule is O=C(N[C@@H]1Cc2ccccc2[C@@H]1CS(=O)(=O)NCCO)c1cc2cc(Cl)ccc2[nH]1. The number of halogens is 1. The first-order valence-electron chi connectivity index (χ1n) is 9.61. The number of rotatable bonds is 7. The van der Waals surface area contributed by atoms with Crippen molar-refractivity contribution in [2.75, 3.05) is 18.9 Å². The summed E-state index contributed by atoms with van der Waals surface area (Å²) >= 11 is 6.02. The lowest BCUT2D eigenvalue weighted by molar-refractivity contribution is 0.0930. The Morgan fingerprint density at radius 1 is 1.20 bits per heavy atom. The molecule has 1 heterocycles. The molecule has 0 saturated heterocycles. The Labute approximate surface area is 179 Å². The van der Waals surface area contributed by atoms with Crippen LogP contribution in [0.2, 0.25) is 5.02 Å². The molecule has 1 aromatic heterocycles. The number of benzene rings is 2. The van der Waals surface area contributed by atoms with Crippen molar-refractivity contribution in [3.05, 3.63) is 70.4 Å². The van der Waals surface area contributed by atoms with E-state index < -0.39 is 10.0 Å². The molecule has 4 rings (SSSR count). The van der Waals surface area contributed by atoms with E-state index in [4.69, 9.17) is 16.7 Å². The summed E-state index contributed by atoms with van der Waals surface area (Å²) in [5, 5.41) is 13.3. The average Bonchev–Trinajstić information content (AvgIpc) is 3.27. The lowest BCUT2D eigenvalue weighted by Gasteiger charge is -2.22. The molecule has 3 aromatic rings. The Balaban J connectivity index is 1.57. The van der Waals surface area contributed by atoms with Gasteiger partial charge in [-0.1, -0.05) is 35.9 Å². The molecule has 0 spiro atoms. The Morgan fingerprint density at radius 3 is 2.80 bits per heavy atom. The Morgan fingerprint density at radius 2 is 2.00 bits per heavy atom. The van der Waals surface area contributed by atoms with Crippen LogP contribution in [0.3, 0.4) is 0 Å². The number of carbonyl (C=O) groups is 1. The van der Waals surface area contributed by atoms with Gasteiger partial charge < -0.3 is 15.4 Å². The molecule has 158 valence electrons. The normalized spacial score (nSPS) is 18.5. The molecule has 1 aliphatic carbocycles. The minimum Gasteiger partial charge on any atom is -0.395 e. The quantitative estimate of drug-likeness (QED) is 0.444. The number of hydrogen-bond donors (Lipinski definition) is 4. The molecule has 2 aromatic carbocycles. The molecule has 0 saturated carbocycles. The third-order valence-corrected chi connectivity index (χ3v) is 7.03. The van der Waals surface area contributed by atoms with E-state index in [0.717, 1.165) is 22.0 Å². The Bertz CT molecular complexity index is 1190. The molecule has 7 nitrogen and oxygen atoms in total. The van der Waals surface area contributed by atoms with E-state index in [1.807, 2.05) is 30.3 Å². The van der Waals surface area contributed by atoms with Crippen molar-refractivity contribution >= 4 is 38.4 Å². The summed E-state index contributed by atoms with van der Waals surface area (Å²) in [6.07, 6.45) is 0.550. The number of amides is 1. The molecule has 0 unspecified atom stereocenters. The van der Waals surface area contributed by atoms with Gasteiger partial charge in [0.25, 0.3) is 5.91 Å². The van der Waals surface area contributed by atoms with Gasteiger partial charge in [-0.15, -0.1) is 0 Å². The molecule has 0 fully saturated rings. The fourth-order valence-electron chi connectivity index (χ4n) is 4.00. The lowest BCUT2D eigenvalue weighted by atomic mass is 10.0. The number of aromatic nitrogens is 1. The smallest absolute Gasteiger partial charge is 0.267 e. The molecule has 1 amide bonds. The summed E-state index contributed by atoms with van der Waals surface area (Å²) in [4.78, 5) is 16.0. The van der Waals surface area contributed by atoms with Gasteiger partial charge in [0.05, 0.1) is 12.4 Å². The van der Waals surface area contributed by atoms with E-state index in [1.54, 1.807) is 18.2 Å². The van der Waals surface area contributed by atoms with Gasteiger partial charge in [0.1, 0.15) is 5.69 Å². The summed E-state index contributed by atoms with van der Waals surface area (Å²) in [6, 6.07) is 14.3. The van der Waals surface area contributed by atoms with Crippen molar-refractivity contribution in [2.24, 2.45) is 0 Å². The van der Waals surface area contributed by atoms with Crippen LogP contribution in [0.4, 0.5) is 0 Å². The van der Waals surface area contributed by atoms with E-state index in [9.17, 15) is 13.2 Å². The Hall–Kier alpha value is -2.39. The molecule has 2 atom stereocenters. The van der Waals surface area contributed by atoms with Crippen LogP contribution in [0, 0.1) is 0 Å². The van der Waals surface area contributed by atoms with Gasteiger partial charge in [-0.05, 0) is 41.8 Å². The van der Waals surface area contributed by atoms with Crippen LogP contribution in [0.15, 0.2) is 48.5 Å². The number of nitrogens with one attached hydrogen (secondary N) is 3. The molecule has 4 N–H and O–H groups in total. The summed E-state index contributed by atoms with van der Waals surface area (Å²) in [5.41, 5.74) is 3.13. The largest absolute Gasteiger partial charge is 0.395 e. The second kappa shape index (κ2) is 8.39. The predicted molar refractivity (Wildman–Crippen MR) is 116 cm³/mol. The van der Waals surface area contributed by atoms with Crippen molar-refractivity contribution in [2.45, 2.75) is 18.4 Å². The van der Waals surface area contributed by atoms with Gasteiger partial charge in [0.15, 0.2) is 0 Å².